The number of rotatable bonds is 5. The van der Waals surface area contributed by atoms with Gasteiger partial charge in [0.15, 0.2) is 5.82 Å². The van der Waals surface area contributed by atoms with Gasteiger partial charge in [0.1, 0.15) is 17.3 Å². The van der Waals surface area contributed by atoms with Crippen molar-refractivity contribution in [3.05, 3.63) is 133 Å². The number of para-hydroxylation sites is 1. The van der Waals surface area contributed by atoms with Crippen molar-refractivity contribution >= 4 is 21.8 Å². The molecule has 6 nitrogen and oxygen atoms in total. The van der Waals surface area contributed by atoms with E-state index in [1.54, 1.807) is 22.9 Å². The SMILES string of the molecule is [2H]c1c([2H])[n+](-c2cc(C(C)(C)C)cc(C(C)(C)C)c2)[c-]n1-c1cc(Oc2ccc3c4ccccc4n(-c4cc(C(C)(C)C)ccn4)c3c2)ccn1. The minimum atomic E-state index is -0.0945. The van der Waals surface area contributed by atoms with Gasteiger partial charge in [0, 0.05) is 47.6 Å². The fourth-order valence-electron chi connectivity index (χ4n) is 6.08. The number of fused-ring (bicyclic) bond motifs is 3. The highest BCUT2D eigenvalue weighted by atomic mass is 16.5. The van der Waals surface area contributed by atoms with Crippen LogP contribution >= 0.6 is 0 Å². The van der Waals surface area contributed by atoms with Crippen LogP contribution in [0.25, 0.3) is 39.1 Å². The largest absolute Gasteiger partial charge is 0.458 e. The van der Waals surface area contributed by atoms with Crippen LogP contribution in [-0.2, 0) is 16.2 Å². The third-order valence-corrected chi connectivity index (χ3v) is 9.05. The molecule has 0 fully saturated rings. The Morgan fingerprint density at radius 1 is 0.633 bits per heavy atom. The van der Waals surface area contributed by atoms with E-state index in [0.717, 1.165) is 44.4 Å². The average Bonchev–Trinajstić information content (AvgIpc) is 3.56. The van der Waals surface area contributed by atoms with Crippen LogP contribution < -0.4 is 9.30 Å². The summed E-state index contributed by atoms with van der Waals surface area (Å²) < 4.78 is 29.6. The van der Waals surface area contributed by atoms with E-state index in [1.807, 2.05) is 18.3 Å². The van der Waals surface area contributed by atoms with Crippen LogP contribution in [-0.4, -0.2) is 19.1 Å². The number of aromatic nitrogens is 5. The number of pyridine rings is 2. The number of hydrogen-bond acceptors (Lipinski definition) is 3. The average molecular weight is 650 g/mol. The Hall–Kier alpha value is -5.23. The van der Waals surface area contributed by atoms with Gasteiger partial charge in [-0.3, -0.25) is 18.7 Å². The lowest BCUT2D eigenvalue weighted by Crippen LogP contribution is -2.30. The maximum absolute atomic E-state index is 8.91. The molecule has 0 aliphatic heterocycles. The quantitative estimate of drug-likeness (QED) is 0.138. The molecule has 0 radical (unpaired) electrons. The number of benzene rings is 3. The van der Waals surface area contributed by atoms with Crippen LogP contribution in [0.5, 0.6) is 11.5 Å². The summed E-state index contributed by atoms with van der Waals surface area (Å²) in [7, 11) is 0. The Morgan fingerprint density at radius 2 is 1.27 bits per heavy atom. The predicted molar refractivity (Wildman–Crippen MR) is 199 cm³/mol. The minimum absolute atomic E-state index is 0.0194. The maximum Gasteiger partial charge on any atom is 0.270 e. The van der Waals surface area contributed by atoms with Crippen LogP contribution in [0.15, 0.2) is 110 Å². The molecule has 0 atom stereocenters. The zero-order chi connectivity index (χ0) is 36.5. The molecule has 248 valence electrons. The van der Waals surface area contributed by atoms with Crippen LogP contribution in [0.3, 0.4) is 0 Å². The molecule has 4 heterocycles. The van der Waals surface area contributed by atoms with Gasteiger partial charge in [-0.25, -0.2) is 4.98 Å². The molecule has 0 unspecified atom stereocenters. The third kappa shape index (κ3) is 6.35. The molecule has 0 N–H and O–H groups in total. The van der Waals surface area contributed by atoms with Gasteiger partial charge >= 0.3 is 0 Å². The van der Waals surface area contributed by atoms with E-state index in [9.17, 15) is 0 Å². The number of ether oxygens (including phenoxy) is 1. The molecule has 49 heavy (non-hydrogen) atoms. The second kappa shape index (κ2) is 11.7. The predicted octanol–water partition coefficient (Wildman–Crippen LogP) is 10.1. The summed E-state index contributed by atoms with van der Waals surface area (Å²) in [4.78, 5) is 9.36. The Kier molecular flexibility index (Phi) is 7.15. The van der Waals surface area contributed by atoms with E-state index in [2.05, 4.69) is 139 Å². The van der Waals surface area contributed by atoms with E-state index in [-0.39, 0.29) is 28.6 Å². The molecule has 7 aromatic rings. The second-order valence-electron chi connectivity index (χ2n) is 15.9. The third-order valence-electron chi connectivity index (χ3n) is 9.05. The summed E-state index contributed by atoms with van der Waals surface area (Å²) in [5.74, 6) is 2.50. The summed E-state index contributed by atoms with van der Waals surface area (Å²) in [6.45, 7) is 19.7. The molecular formula is C43H45N5O. The standard InChI is InChI=1S/C43H45N5O/c1-41(2,3)29-16-18-45-40(25-29)48-37-13-11-10-12-35(37)36-15-14-33(26-38(36)48)49-34-17-19-44-39(27-34)47-21-20-46(28-47)32-23-30(42(4,5)6)22-31(24-32)43(7,8)9/h10-27H,1-9H3/i20D,21D. The highest BCUT2D eigenvalue weighted by Crippen LogP contribution is 2.36. The summed E-state index contributed by atoms with van der Waals surface area (Å²) in [6, 6.07) is 28.7. The fraction of sp³-hybridized carbons (Fsp3) is 0.279. The first-order chi connectivity index (χ1) is 24.0. The lowest BCUT2D eigenvalue weighted by atomic mass is 9.80. The summed E-state index contributed by atoms with van der Waals surface area (Å²) in [6.07, 6.45) is 6.78. The Labute approximate surface area is 292 Å². The minimum Gasteiger partial charge on any atom is -0.458 e. The zero-order valence-corrected chi connectivity index (χ0v) is 29.9. The molecule has 0 saturated carbocycles. The van der Waals surface area contributed by atoms with Gasteiger partial charge in [-0.15, -0.1) is 0 Å². The Morgan fingerprint density at radius 3 is 1.98 bits per heavy atom. The summed E-state index contributed by atoms with van der Waals surface area (Å²) >= 11 is 0. The van der Waals surface area contributed by atoms with Gasteiger partial charge < -0.3 is 4.74 Å². The van der Waals surface area contributed by atoms with Gasteiger partial charge in [0.2, 0.25) is 0 Å². The molecule has 4 aromatic heterocycles. The highest BCUT2D eigenvalue weighted by Gasteiger charge is 2.22. The van der Waals surface area contributed by atoms with Crippen LogP contribution in [0.4, 0.5) is 0 Å². The molecule has 7 rings (SSSR count). The zero-order valence-electron chi connectivity index (χ0n) is 31.9. The van der Waals surface area contributed by atoms with Crippen molar-refractivity contribution in [1.29, 1.82) is 0 Å². The first-order valence-corrected chi connectivity index (χ1v) is 16.8. The molecular weight excluding hydrogens is 603 g/mol. The topological polar surface area (TPSA) is 48.8 Å². The molecule has 0 aliphatic rings. The first-order valence-electron chi connectivity index (χ1n) is 17.8. The normalized spacial score (nSPS) is 13.2. The monoisotopic (exact) mass is 649 g/mol. The smallest absolute Gasteiger partial charge is 0.270 e. The summed E-state index contributed by atoms with van der Waals surface area (Å²) in [5.41, 5.74) is 6.17. The van der Waals surface area contributed by atoms with Crippen LogP contribution in [0.1, 0.15) is 81.7 Å². The molecule has 0 saturated heterocycles. The van der Waals surface area contributed by atoms with E-state index in [1.165, 1.54) is 10.1 Å². The Balaban J connectivity index is 1.27. The fourth-order valence-corrected chi connectivity index (χ4v) is 6.08. The molecule has 0 aliphatic carbocycles. The van der Waals surface area contributed by atoms with E-state index >= 15 is 0 Å². The lowest BCUT2D eigenvalue weighted by molar-refractivity contribution is -0.599. The number of nitrogens with zero attached hydrogens (tertiary/aromatic N) is 5. The van der Waals surface area contributed by atoms with Gasteiger partial charge in [-0.2, -0.15) is 0 Å². The molecule has 3 aromatic carbocycles. The van der Waals surface area contributed by atoms with Crippen molar-refractivity contribution in [1.82, 2.24) is 19.1 Å². The van der Waals surface area contributed by atoms with E-state index in [0.29, 0.717) is 17.3 Å². The number of imidazole rings is 1. The summed E-state index contributed by atoms with van der Waals surface area (Å²) in [5, 5.41) is 2.25. The van der Waals surface area contributed by atoms with Crippen molar-refractivity contribution in [2.75, 3.05) is 0 Å². The van der Waals surface area contributed by atoms with Crippen molar-refractivity contribution < 1.29 is 12.0 Å². The molecule has 0 spiro atoms. The van der Waals surface area contributed by atoms with Crippen LogP contribution in [0, 0.1) is 6.33 Å². The Bertz CT molecular complexity index is 2400. The van der Waals surface area contributed by atoms with Gasteiger partial charge in [-0.1, -0.05) is 86.6 Å². The van der Waals surface area contributed by atoms with Gasteiger partial charge in [-0.05, 0) is 81.5 Å². The molecule has 0 bridgehead atoms. The van der Waals surface area contributed by atoms with Gasteiger partial charge in [0.05, 0.1) is 19.5 Å². The maximum atomic E-state index is 8.91. The van der Waals surface area contributed by atoms with Gasteiger partial charge in [0.25, 0.3) is 6.33 Å². The molecule has 6 heteroatoms. The van der Waals surface area contributed by atoms with Crippen molar-refractivity contribution in [3.8, 4) is 28.8 Å². The first kappa shape index (κ1) is 29.9. The van der Waals surface area contributed by atoms with E-state index in [4.69, 9.17) is 12.5 Å². The van der Waals surface area contributed by atoms with E-state index < -0.39 is 0 Å². The highest BCUT2D eigenvalue weighted by molar-refractivity contribution is 6.09. The van der Waals surface area contributed by atoms with Crippen molar-refractivity contribution in [3.63, 3.8) is 0 Å². The van der Waals surface area contributed by atoms with Crippen molar-refractivity contribution in [2.45, 2.75) is 78.6 Å². The van der Waals surface area contributed by atoms with Crippen LogP contribution in [0.2, 0.25) is 0 Å². The van der Waals surface area contributed by atoms with Crippen molar-refractivity contribution in [2.24, 2.45) is 0 Å². The lowest BCUT2D eigenvalue weighted by Gasteiger charge is -2.26. The number of hydrogen-bond donors (Lipinski definition) is 0. The second-order valence-corrected chi connectivity index (χ2v) is 15.9. The molecule has 0 amide bonds.